The summed E-state index contributed by atoms with van der Waals surface area (Å²) < 4.78 is 8.39. The summed E-state index contributed by atoms with van der Waals surface area (Å²) in [6, 6.07) is 22.3. The number of rotatable bonds is 5. The number of ether oxygens (including phenoxy) is 1. The second-order valence-corrected chi connectivity index (χ2v) is 8.45. The van der Waals surface area contributed by atoms with E-state index in [0.29, 0.717) is 39.5 Å². The van der Waals surface area contributed by atoms with Crippen molar-refractivity contribution in [2.75, 3.05) is 12.4 Å². The van der Waals surface area contributed by atoms with Crippen molar-refractivity contribution < 1.29 is 9.53 Å². The topological polar surface area (TPSA) is 120 Å². The van der Waals surface area contributed by atoms with Gasteiger partial charge in [0, 0.05) is 11.6 Å². The molecule has 0 fully saturated rings. The molecule has 0 unspecified atom stereocenters. The van der Waals surface area contributed by atoms with Gasteiger partial charge in [0.25, 0.3) is 11.5 Å². The molecular formula is C27H21N7O3. The molecule has 3 aromatic carbocycles. The molecule has 182 valence electrons. The predicted molar refractivity (Wildman–Crippen MR) is 140 cm³/mol. The number of amides is 1. The van der Waals surface area contributed by atoms with Crippen LogP contribution < -0.4 is 15.6 Å². The average Bonchev–Trinajstić information content (AvgIpc) is 3.51. The van der Waals surface area contributed by atoms with E-state index < -0.39 is 0 Å². The van der Waals surface area contributed by atoms with Crippen LogP contribution in [0, 0.1) is 6.92 Å². The molecule has 0 atom stereocenters. The SMILES string of the molecule is COc1ccccc1-n1ncc2c(=O)[nH]c(-n3nc(C)cc3NC(=O)c3ccc4ccccc4c3)nc21. The van der Waals surface area contributed by atoms with Crippen molar-refractivity contribution in [1.29, 1.82) is 0 Å². The van der Waals surface area contributed by atoms with Crippen LogP contribution in [0.5, 0.6) is 5.75 Å². The Labute approximate surface area is 210 Å². The van der Waals surface area contributed by atoms with E-state index in [9.17, 15) is 9.59 Å². The smallest absolute Gasteiger partial charge is 0.263 e. The van der Waals surface area contributed by atoms with Gasteiger partial charge in [-0.1, -0.05) is 42.5 Å². The zero-order valence-corrected chi connectivity index (χ0v) is 20.0. The van der Waals surface area contributed by atoms with Crippen LogP contribution in [0.25, 0.3) is 33.4 Å². The molecule has 2 N–H and O–H groups in total. The fraction of sp³-hybridized carbons (Fsp3) is 0.0741. The number of anilines is 1. The van der Waals surface area contributed by atoms with Gasteiger partial charge >= 0.3 is 0 Å². The number of aryl methyl sites for hydroxylation is 1. The summed E-state index contributed by atoms with van der Waals surface area (Å²) in [6.45, 7) is 1.79. The van der Waals surface area contributed by atoms with Crippen molar-refractivity contribution in [2.45, 2.75) is 6.92 Å². The lowest BCUT2D eigenvalue weighted by atomic mass is 10.1. The predicted octanol–water partition coefficient (Wildman–Crippen LogP) is 4.02. The number of para-hydroxylation sites is 2. The van der Waals surface area contributed by atoms with Gasteiger partial charge in [-0.05, 0) is 42.0 Å². The van der Waals surface area contributed by atoms with Crippen molar-refractivity contribution >= 4 is 33.5 Å². The highest BCUT2D eigenvalue weighted by Crippen LogP contribution is 2.25. The summed E-state index contributed by atoms with van der Waals surface area (Å²) in [6.07, 6.45) is 1.45. The molecule has 3 aromatic heterocycles. The quantitative estimate of drug-likeness (QED) is 0.376. The largest absolute Gasteiger partial charge is 0.494 e. The molecule has 0 saturated heterocycles. The number of carbonyl (C=O) groups is 1. The van der Waals surface area contributed by atoms with Crippen LogP contribution in [-0.4, -0.2) is 42.5 Å². The number of nitrogens with one attached hydrogen (secondary N) is 2. The summed E-state index contributed by atoms with van der Waals surface area (Å²) in [5.74, 6) is 0.765. The van der Waals surface area contributed by atoms with Crippen LogP contribution >= 0.6 is 0 Å². The van der Waals surface area contributed by atoms with Crippen LogP contribution in [0.3, 0.4) is 0 Å². The molecule has 0 spiro atoms. The van der Waals surface area contributed by atoms with Crippen molar-refractivity contribution in [3.05, 3.63) is 101 Å². The molecule has 0 radical (unpaired) electrons. The zero-order valence-electron chi connectivity index (χ0n) is 20.0. The van der Waals surface area contributed by atoms with Gasteiger partial charge in [-0.15, -0.1) is 0 Å². The maximum absolute atomic E-state index is 13.1. The monoisotopic (exact) mass is 491 g/mol. The minimum atomic E-state index is -0.388. The van der Waals surface area contributed by atoms with Gasteiger partial charge in [-0.3, -0.25) is 14.6 Å². The van der Waals surface area contributed by atoms with Gasteiger partial charge in [-0.2, -0.15) is 19.9 Å². The number of methoxy groups -OCH3 is 1. The minimum absolute atomic E-state index is 0.135. The lowest BCUT2D eigenvalue weighted by Gasteiger charge is -2.10. The van der Waals surface area contributed by atoms with Gasteiger partial charge in [0.15, 0.2) is 5.65 Å². The number of hydrogen-bond acceptors (Lipinski definition) is 6. The average molecular weight is 492 g/mol. The molecular weight excluding hydrogens is 470 g/mol. The first-order chi connectivity index (χ1) is 18.0. The molecule has 6 rings (SSSR count). The van der Waals surface area contributed by atoms with Crippen LogP contribution in [0.2, 0.25) is 0 Å². The maximum atomic E-state index is 13.1. The summed E-state index contributed by atoms with van der Waals surface area (Å²) >= 11 is 0. The molecule has 10 heteroatoms. The fourth-order valence-electron chi connectivity index (χ4n) is 4.26. The van der Waals surface area contributed by atoms with E-state index >= 15 is 0 Å². The number of benzene rings is 3. The molecule has 0 aliphatic carbocycles. The van der Waals surface area contributed by atoms with Gasteiger partial charge in [-0.25, -0.2) is 4.68 Å². The molecule has 0 aliphatic heterocycles. The van der Waals surface area contributed by atoms with E-state index in [2.05, 4.69) is 25.5 Å². The van der Waals surface area contributed by atoms with E-state index in [0.717, 1.165) is 10.8 Å². The highest BCUT2D eigenvalue weighted by Gasteiger charge is 2.18. The van der Waals surface area contributed by atoms with Gasteiger partial charge in [0.1, 0.15) is 22.6 Å². The van der Waals surface area contributed by atoms with E-state index in [1.807, 2.05) is 54.6 Å². The summed E-state index contributed by atoms with van der Waals surface area (Å²) in [4.78, 5) is 33.5. The third-order valence-corrected chi connectivity index (χ3v) is 6.02. The van der Waals surface area contributed by atoms with Gasteiger partial charge < -0.3 is 10.1 Å². The van der Waals surface area contributed by atoms with E-state index in [1.54, 1.807) is 32.2 Å². The van der Waals surface area contributed by atoms with Crippen molar-refractivity contribution in [3.63, 3.8) is 0 Å². The molecule has 3 heterocycles. The molecule has 0 aliphatic rings. The third-order valence-electron chi connectivity index (χ3n) is 6.02. The first-order valence-corrected chi connectivity index (χ1v) is 11.5. The normalized spacial score (nSPS) is 11.2. The Morgan fingerprint density at radius 3 is 2.59 bits per heavy atom. The van der Waals surface area contributed by atoms with Crippen LogP contribution in [-0.2, 0) is 0 Å². The summed E-state index contributed by atoms with van der Waals surface area (Å²) in [7, 11) is 1.56. The number of nitrogens with zero attached hydrogens (tertiary/aromatic N) is 5. The van der Waals surface area contributed by atoms with E-state index in [-0.39, 0.29) is 17.4 Å². The standard InChI is InChI=1S/C27H21N7O3/c1-16-13-23(29-25(35)19-12-11-17-7-3-4-8-18(17)14-19)34(32-16)27-30-24-20(26(36)31-27)15-28-33(24)21-9-5-6-10-22(21)37-2/h3-15H,1-2H3,(H,29,35)(H,30,31,36). The molecule has 0 bridgehead atoms. The van der Waals surface area contributed by atoms with Crippen LogP contribution in [0.4, 0.5) is 5.82 Å². The molecule has 10 nitrogen and oxygen atoms in total. The van der Waals surface area contributed by atoms with Gasteiger partial charge in [0.2, 0.25) is 5.95 Å². The first-order valence-electron chi connectivity index (χ1n) is 11.5. The molecule has 1 amide bonds. The molecule has 6 aromatic rings. The zero-order chi connectivity index (χ0) is 25.5. The number of aromatic nitrogens is 6. The fourth-order valence-corrected chi connectivity index (χ4v) is 4.26. The number of fused-ring (bicyclic) bond motifs is 2. The minimum Gasteiger partial charge on any atom is -0.494 e. The van der Waals surface area contributed by atoms with Crippen molar-refractivity contribution in [2.24, 2.45) is 0 Å². The maximum Gasteiger partial charge on any atom is 0.263 e. The first kappa shape index (κ1) is 22.2. The lowest BCUT2D eigenvalue weighted by molar-refractivity contribution is 0.102. The lowest BCUT2D eigenvalue weighted by Crippen LogP contribution is -2.19. The highest BCUT2D eigenvalue weighted by atomic mass is 16.5. The van der Waals surface area contributed by atoms with E-state index in [1.165, 1.54) is 15.6 Å². The molecule has 0 saturated carbocycles. The Morgan fingerprint density at radius 1 is 0.973 bits per heavy atom. The Kier molecular flexibility index (Phi) is 5.26. The highest BCUT2D eigenvalue weighted by molar-refractivity contribution is 6.06. The van der Waals surface area contributed by atoms with Gasteiger partial charge in [0.05, 0.1) is 19.0 Å². The van der Waals surface area contributed by atoms with Crippen LogP contribution in [0.1, 0.15) is 16.1 Å². The van der Waals surface area contributed by atoms with Crippen LogP contribution in [0.15, 0.2) is 83.8 Å². The number of aromatic amines is 1. The number of carbonyl (C=O) groups excluding carboxylic acids is 1. The Hall–Kier alpha value is -5.25. The molecule has 37 heavy (non-hydrogen) atoms. The van der Waals surface area contributed by atoms with Crippen molar-refractivity contribution in [1.82, 2.24) is 29.5 Å². The summed E-state index contributed by atoms with van der Waals surface area (Å²) in [5.41, 5.74) is 1.69. The second-order valence-electron chi connectivity index (χ2n) is 8.45. The Balaban J connectivity index is 1.42. The number of hydrogen-bond donors (Lipinski definition) is 2. The number of H-pyrrole nitrogens is 1. The van der Waals surface area contributed by atoms with E-state index in [4.69, 9.17) is 4.74 Å². The summed E-state index contributed by atoms with van der Waals surface area (Å²) in [5, 5.41) is 14.0. The van der Waals surface area contributed by atoms with Crippen molar-refractivity contribution in [3.8, 4) is 17.4 Å². The Morgan fingerprint density at radius 2 is 1.76 bits per heavy atom. The third kappa shape index (κ3) is 3.90. The Bertz CT molecular complexity index is 1870. The second kappa shape index (κ2) is 8.76.